The minimum atomic E-state index is 0.0323. The quantitative estimate of drug-likeness (QED) is 0.928. The van der Waals surface area contributed by atoms with Crippen molar-refractivity contribution >= 4 is 5.91 Å². The predicted octanol–water partition coefficient (Wildman–Crippen LogP) is 1.70. The van der Waals surface area contributed by atoms with Gasteiger partial charge >= 0.3 is 0 Å². The van der Waals surface area contributed by atoms with Crippen LogP contribution in [0.2, 0.25) is 0 Å². The molecule has 1 aliphatic heterocycles. The van der Waals surface area contributed by atoms with E-state index in [0.29, 0.717) is 5.92 Å². The number of amides is 1. The van der Waals surface area contributed by atoms with Gasteiger partial charge in [-0.15, -0.1) is 0 Å². The first-order valence-electron chi connectivity index (χ1n) is 7.95. The second-order valence-electron chi connectivity index (χ2n) is 6.12. The van der Waals surface area contributed by atoms with E-state index >= 15 is 0 Å². The molecule has 1 fully saturated rings. The lowest BCUT2D eigenvalue weighted by molar-refractivity contribution is -0.128. The Kier molecular flexibility index (Phi) is 4.43. The fraction of sp³-hybridized carbons (Fsp3) is 0.471. The topological polar surface area (TPSA) is 85.2 Å². The van der Waals surface area contributed by atoms with Crippen molar-refractivity contribution in [3.8, 4) is 11.3 Å². The third-order valence-electron chi connectivity index (χ3n) is 4.41. The predicted molar refractivity (Wildman–Crippen MR) is 86.7 cm³/mol. The van der Waals surface area contributed by atoms with Crippen LogP contribution in [-0.2, 0) is 11.2 Å². The van der Waals surface area contributed by atoms with Crippen molar-refractivity contribution in [1.29, 1.82) is 0 Å². The zero-order valence-corrected chi connectivity index (χ0v) is 13.6. The maximum Gasteiger partial charge on any atom is 0.236 e. The van der Waals surface area contributed by atoms with E-state index in [1.54, 1.807) is 0 Å². The summed E-state index contributed by atoms with van der Waals surface area (Å²) in [6.45, 7) is 5.48. The lowest BCUT2D eigenvalue weighted by Crippen LogP contribution is -2.34. The first kappa shape index (κ1) is 15.7. The molecular weight excluding hydrogens is 292 g/mol. The van der Waals surface area contributed by atoms with Crippen LogP contribution in [0.15, 0.2) is 22.7 Å². The maximum atomic E-state index is 11.7. The van der Waals surface area contributed by atoms with E-state index in [0.717, 1.165) is 54.3 Å². The minimum Gasteiger partial charge on any atom is -0.361 e. The van der Waals surface area contributed by atoms with Crippen molar-refractivity contribution in [1.82, 2.24) is 15.0 Å². The molecule has 0 aliphatic carbocycles. The van der Waals surface area contributed by atoms with Crippen LogP contribution in [0.3, 0.4) is 0 Å². The monoisotopic (exact) mass is 314 g/mol. The second kappa shape index (κ2) is 6.50. The van der Waals surface area contributed by atoms with Crippen LogP contribution in [0.5, 0.6) is 0 Å². The lowest BCUT2D eigenvalue weighted by Gasteiger charge is -2.15. The smallest absolute Gasteiger partial charge is 0.236 e. The van der Waals surface area contributed by atoms with Crippen LogP contribution >= 0.6 is 0 Å². The highest BCUT2D eigenvalue weighted by Gasteiger charge is 2.26. The zero-order valence-electron chi connectivity index (χ0n) is 13.6. The average Bonchev–Trinajstić information content (AvgIpc) is 3.14. The molecule has 0 bridgehead atoms. The van der Waals surface area contributed by atoms with Gasteiger partial charge in [-0.1, -0.05) is 11.2 Å². The highest BCUT2D eigenvalue weighted by Crippen LogP contribution is 2.26. The molecule has 3 rings (SSSR count). The van der Waals surface area contributed by atoms with Crippen molar-refractivity contribution in [3.05, 3.63) is 35.3 Å². The van der Waals surface area contributed by atoms with Crippen molar-refractivity contribution < 1.29 is 9.32 Å². The Balaban J connectivity index is 1.73. The van der Waals surface area contributed by atoms with Gasteiger partial charge in [-0.2, -0.15) is 0 Å². The van der Waals surface area contributed by atoms with Crippen LogP contribution in [0.1, 0.15) is 23.6 Å². The Morgan fingerprint density at radius 3 is 2.96 bits per heavy atom. The summed E-state index contributed by atoms with van der Waals surface area (Å²) in [5, 5.41) is 3.99. The molecule has 3 heterocycles. The molecule has 0 unspecified atom stereocenters. The van der Waals surface area contributed by atoms with Crippen molar-refractivity contribution in [2.45, 2.75) is 26.7 Å². The van der Waals surface area contributed by atoms with Crippen LogP contribution < -0.4 is 5.73 Å². The molecule has 0 spiro atoms. The molecule has 0 radical (unpaired) electrons. The fourth-order valence-electron chi connectivity index (χ4n) is 3.23. The SMILES string of the molecule is Cc1noc(C)c1-c1cccc(C[C@H]2CCN(C(=O)CN)C2)n1. The molecule has 6 heteroatoms. The molecule has 0 saturated carbocycles. The van der Waals surface area contributed by atoms with Crippen LogP contribution in [-0.4, -0.2) is 40.6 Å². The summed E-state index contributed by atoms with van der Waals surface area (Å²) in [4.78, 5) is 18.3. The van der Waals surface area contributed by atoms with E-state index in [2.05, 4.69) is 5.16 Å². The van der Waals surface area contributed by atoms with Gasteiger partial charge in [0.2, 0.25) is 5.91 Å². The van der Waals surface area contributed by atoms with Gasteiger partial charge < -0.3 is 15.2 Å². The largest absolute Gasteiger partial charge is 0.361 e. The van der Waals surface area contributed by atoms with E-state index in [1.165, 1.54) is 0 Å². The van der Waals surface area contributed by atoms with Gasteiger partial charge in [0.1, 0.15) is 5.76 Å². The standard InChI is InChI=1S/C17H22N4O2/c1-11-17(12(2)23-20-11)15-5-3-4-14(19-15)8-13-6-7-21(10-13)16(22)9-18/h3-5,13H,6-10,18H2,1-2H3/t13-/m1/s1. The Morgan fingerprint density at radius 1 is 1.43 bits per heavy atom. The Morgan fingerprint density at radius 2 is 2.26 bits per heavy atom. The number of pyridine rings is 1. The minimum absolute atomic E-state index is 0.0323. The van der Waals surface area contributed by atoms with E-state index in [9.17, 15) is 4.79 Å². The average molecular weight is 314 g/mol. The van der Waals surface area contributed by atoms with Gasteiger partial charge in [-0.05, 0) is 44.7 Å². The molecule has 2 aromatic heterocycles. The van der Waals surface area contributed by atoms with Gasteiger partial charge in [0, 0.05) is 18.8 Å². The summed E-state index contributed by atoms with van der Waals surface area (Å²) >= 11 is 0. The van der Waals surface area contributed by atoms with Crippen LogP contribution in [0.4, 0.5) is 0 Å². The van der Waals surface area contributed by atoms with Gasteiger partial charge in [-0.25, -0.2) is 0 Å². The van der Waals surface area contributed by atoms with E-state index in [4.69, 9.17) is 15.2 Å². The number of rotatable bonds is 4. The number of nitrogens with two attached hydrogens (primary N) is 1. The van der Waals surface area contributed by atoms with E-state index in [-0.39, 0.29) is 12.5 Å². The Labute approximate surface area is 135 Å². The first-order chi connectivity index (χ1) is 11.1. The fourth-order valence-corrected chi connectivity index (χ4v) is 3.23. The van der Waals surface area contributed by atoms with Gasteiger partial charge in [0.25, 0.3) is 0 Å². The normalized spacial score (nSPS) is 17.7. The molecule has 2 N–H and O–H groups in total. The first-order valence-corrected chi connectivity index (χ1v) is 7.95. The number of hydrogen-bond acceptors (Lipinski definition) is 5. The number of aryl methyl sites for hydroxylation is 2. The highest BCUT2D eigenvalue weighted by atomic mass is 16.5. The summed E-state index contributed by atoms with van der Waals surface area (Å²) in [6.07, 6.45) is 1.87. The summed E-state index contributed by atoms with van der Waals surface area (Å²) in [5.74, 6) is 1.26. The molecule has 0 aromatic carbocycles. The molecule has 2 aromatic rings. The molecule has 1 aliphatic rings. The lowest BCUT2D eigenvalue weighted by atomic mass is 10.0. The second-order valence-corrected chi connectivity index (χ2v) is 6.12. The number of hydrogen-bond donors (Lipinski definition) is 1. The molecule has 6 nitrogen and oxygen atoms in total. The number of nitrogens with zero attached hydrogens (tertiary/aromatic N) is 3. The summed E-state index contributed by atoms with van der Waals surface area (Å²) < 4.78 is 5.23. The molecular formula is C17H22N4O2. The van der Waals surface area contributed by atoms with Gasteiger partial charge in [0.05, 0.1) is 23.5 Å². The number of aromatic nitrogens is 2. The van der Waals surface area contributed by atoms with Crippen molar-refractivity contribution in [3.63, 3.8) is 0 Å². The molecule has 122 valence electrons. The Bertz CT molecular complexity index is 691. The van der Waals surface area contributed by atoms with E-state index < -0.39 is 0 Å². The maximum absolute atomic E-state index is 11.7. The van der Waals surface area contributed by atoms with Crippen molar-refractivity contribution in [2.75, 3.05) is 19.6 Å². The molecule has 1 saturated heterocycles. The molecule has 1 atom stereocenters. The van der Waals surface area contributed by atoms with E-state index in [1.807, 2.05) is 36.9 Å². The number of carbonyl (C=O) groups excluding carboxylic acids is 1. The molecule has 1 amide bonds. The highest BCUT2D eigenvalue weighted by molar-refractivity contribution is 5.78. The van der Waals surface area contributed by atoms with Gasteiger partial charge in [-0.3, -0.25) is 9.78 Å². The summed E-state index contributed by atoms with van der Waals surface area (Å²) in [6, 6.07) is 6.03. The summed E-state index contributed by atoms with van der Waals surface area (Å²) in [5.41, 5.74) is 9.19. The van der Waals surface area contributed by atoms with Crippen molar-refractivity contribution in [2.24, 2.45) is 11.7 Å². The summed E-state index contributed by atoms with van der Waals surface area (Å²) in [7, 11) is 0. The number of likely N-dealkylation sites (tertiary alicyclic amines) is 1. The van der Waals surface area contributed by atoms with Crippen LogP contribution in [0.25, 0.3) is 11.3 Å². The van der Waals surface area contributed by atoms with Crippen LogP contribution in [0, 0.1) is 19.8 Å². The third kappa shape index (κ3) is 3.27. The third-order valence-corrected chi connectivity index (χ3v) is 4.41. The van der Waals surface area contributed by atoms with Gasteiger partial charge in [0.15, 0.2) is 0 Å². The Hall–Kier alpha value is -2.21. The molecule has 23 heavy (non-hydrogen) atoms. The zero-order chi connectivity index (χ0) is 16.4. The number of carbonyl (C=O) groups is 1.